The number of rotatable bonds is 3. The van der Waals surface area contributed by atoms with E-state index in [4.69, 9.17) is 4.74 Å². The molecular weight excluding hydrogens is 212 g/mol. The van der Waals surface area contributed by atoms with Crippen molar-refractivity contribution in [3.05, 3.63) is 0 Å². The fourth-order valence-electron chi connectivity index (χ4n) is 4.10. The van der Waals surface area contributed by atoms with Gasteiger partial charge in [0.1, 0.15) is 0 Å². The Bertz CT molecular complexity index is 241. The Morgan fingerprint density at radius 2 is 1.88 bits per heavy atom. The summed E-state index contributed by atoms with van der Waals surface area (Å²) in [5.41, 5.74) is 0. The summed E-state index contributed by atoms with van der Waals surface area (Å²) in [5, 5.41) is 3.74. The van der Waals surface area contributed by atoms with E-state index in [0.717, 1.165) is 31.3 Å². The van der Waals surface area contributed by atoms with Crippen molar-refractivity contribution >= 4 is 0 Å². The zero-order valence-corrected chi connectivity index (χ0v) is 11.0. The standard InChI is InChI=1S/C14H26N2O/c1-2-16(13-4-3-7-17-10-13)14-8-11-5-6-12(9-14)15-11/h11-15H,2-10H2,1H3. The lowest BCUT2D eigenvalue weighted by Gasteiger charge is -2.42. The lowest BCUT2D eigenvalue weighted by molar-refractivity contribution is -0.00696. The quantitative estimate of drug-likeness (QED) is 0.811. The second-order valence-corrected chi connectivity index (χ2v) is 5.96. The van der Waals surface area contributed by atoms with Gasteiger partial charge in [-0.25, -0.2) is 0 Å². The third kappa shape index (κ3) is 2.51. The maximum atomic E-state index is 5.67. The predicted molar refractivity (Wildman–Crippen MR) is 69.2 cm³/mol. The molecule has 3 nitrogen and oxygen atoms in total. The van der Waals surface area contributed by atoms with Crippen molar-refractivity contribution < 1.29 is 4.74 Å². The van der Waals surface area contributed by atoms with Crippen LogP contribution >= 0.6 is 0 Å². The number of hydrogen-bond donors (Lipinski definition) is 1. The minimum atomic E-state index is 0.691. The van der Waals surface area contributed by atoms with E-state index < -0.39 is 0 Å². The normalized spacial score (nSPS) is 42.0. The van der Waals surface area contributed by atoms with Crippen molar-refractivity contribution in [1.29, 1.82) is 0 Å². The van der Waals surface area contributed by atoms with Gasteiger partial charge in [0.15, 0.2) is 0 Å². The molecule has 3 aliphatic rings. The van der Waals surface area contributed by atoms with Gasteiger partial charge in [0.05, 0.1) is 6.61 Å². The minimum absolute atomic E-state index is 0.691. The molecule has 0 spiro atoms. The summed E-state index contributed by atoms with van der Waals surface area (Å²) >= 11 is 0. The number of nitrogens with zero attached hydrogens (tertiary/aromatic N) is 1. The summed E-state index contributed by atoms with van der Waals surface area (Å²) in [6.07, 6.45) is 8.12. The van der Waals surface area contributed by atoms with Gasteiger partial charge in [-0.15, -0.1) is 0 Å². The van der Waals surface area contributed by atoms with Crippen LogP contribution in [0.25, 0.3) is 0 Å². The van der Waals surface area contributed by atoms with Gasteiger partial charge in [-0.1, -0.05) is 6.92 Å². The van der Waals surface area contributed by atoms with E-state index in [0.29, 0.717) is 6.04 Å². The van der Waals surface area contributed by atoms with Gasteiger partial charge < -0.3 is 10.1 Å². The topological polar surface area (TPSA) is 24.5 Å². The van der Waals surface area contributed by atoms with Crippen LogP contribution in [-0.4, -0.2) is 48.8 Å². The Balaban J connectivity index is 1.63. The van der Waals surface area contributed by atoms with Gasteiger partial charge >= 0.3 is 0 Å². The Hall–Kier alpha value is -0.120. The molecule has 3 aliphatic heterocycles. The first-order valence-electron chi connectivity index (χ1n) is 7.46. The van der Waals surface area contributed by atoms with Crippen molar-refractivity contribution in [1.82, 2.24) is 10.2 Å². The van der Waals surface area contributed by atoms with Crippen LogP contribution in [0.3, 0.4) is 0 Å². The molecule has 0 aromatic heterocycles. The van der Waals surface area contributed by atoms with Crippen LogP contribution < -0.4 is 5.32 Å². The molecule has 0 aromatic carbocycles. The summed E-state index contributed by atoms with van der Waals surface area (Å²) in [4.78, 5) is 2.74. The highest BCUT2D eigenvalue weighted by atomic mass is 16.5. The summed E-state index contributed by atoms with van der Waals surface area (Å²) in [6, 6.07) is 3.11. The van der Waals surface area contributed by atoms with Gasteiger partial charge in [-0.2, -0.15) is 0 Å². The van der Waals surface area contributed by atoms with Crippen molar-refractivity contribution in [3.63, 3.8) is 0 Å². The van der Waals surface area contributed by atoms with E-state index in [9.17, 15) is 0 Å². The smallest absolute Gasteiger partial charge is 0.0621 e. The van der Waals surface area contributed by atoms with Gasteiger partial charge in [-0.3, -0.25) is 4.90 Å². The van der Waals surface area contributed by atoms with Crippen molar-refractivity contribution in [2.45, 2.75) is 69.6 Å². The Labute approximate surface area is 105 Å². The van der Waals surface area contributed by atoms with E-state index in [2.05, 4.69) is 17.1 Å². The zero-order valence-electron chi connectivity index (χ0n) is 11.0. The summed E-state index contributed by atoms with van der Waals surface area (Å²) in [6.45, 7) is 5.45. The minimum Gasteiger partial charge on any atom is -0.380 e. The highest BCUT2D eigenvalue weighted by Crippen LogP contribution is 2.31. The lowest BCUT2D eigenvalue weighted by atomic mass is 9.95. The van der Waals surface area contributed by atoms with Crippen LogP contribution in [-0.2, 0) is 4.74 Å². The SMILES string of the molecule is CCN(C1CCCOC1)C1CC2CCC(C1)N2. The molecule has 3 heterocycles. The molecule has 3 saturated heterocycles. The van der Waals surface area contributed by atoms with E-state index in [-0.39, 0.29) is 0 Å². The molecule has 3 rings (SSSR count). The number of fused-ring (bicyclic) bond motifs is 2. The number of nitrogens with one attached hydrogen (secondary N) is 1. The summed E-state index contributed by atoms with van der Waals surface area (Å²) in [5.74, 6) is 0. The van der Waals surface area contributed by atoms with Crippen LogP contribution in [0.15, 0.2) is 0 Å². The molecule has 1 N–H and O–H groups in total. The highest BCUT2D eigenvalue weighted by Gasteiger charge is 2.37. The van der Waals surface area contributed by atoms with Crippen LogP contribution in [0, 0.1) is 0 Å². The molecule has 3 fully saturated rings. The summed E-state index contributed by atoms with van der Waals surface area (Å²) in [7, 11) is 0. The Morgan fingerprint density at radius 1 is 1.12 bits per heavy atom. The fourth-order valence-corrected chi connectivity index (χ4v) is 4.10. The molecule has 0 radical (unpaired) electrons. The van der Waals surface area contributed by atoms with Gasteiger partial charge in [-0.05, 0) is 45.1 Å². The average Bonchev–Trinajstić information content (AvgIpc) is 2.71. The maximum Gasteiger partial charge on any atom is 0.0621 e. The molecule has 3 unspecified atom stereocenters. The van der Waals surface area contributed by atoms with Gasteiger partial charge in [0.25, 0.3) is 0 Å². The molecular formula is C14H26N2O. The van der Waals surface area contributed by atoms with Crippen molar-refractivity contribution in [2.24, 2.45) is 0 Å². The zero-order chi connectivity index (χ0) is 11.7. The van der Waals surface area contributed by atoms with E-state index in [1.165, 1.54) is 45.1 Å². The Morgan fingerprint density at radius 3 is 2.47 bits per heavy atom. The third-order valence-corrected chi connectivity index (χ3v) is 4.89. The number of piperidine rings is 1. The highest BCUT2D eigenvalue weighted by molar-refractivity contribution is 4.96. The first kappa shape index (κ1) is 11.9. The molecule has 17 heavy (non-hydrogen) atoms. The number of likely N-dealkylation sites (N-methyl/N-ethyl adjacent to an activating group) is 1. The molecule has 3 atom stereocenters. The van der Waals surface area contributed by atoms with Crippen LogP contribution in [0.5, 0.6) is 0 Å². The average molecular weight is 238 g/mol. The maximum absolute atomic E-state index is 5.67. The molecule has 98 valence electrons. The van der Waals surface area contributed by atoms with Crippen LogP contribution in [0.4, 0.5) is 0 Å². The molecule has 3 heteroatoms. The molecule has 0 saturated carbocycles. The third-order valence-electron chi connectivity index (χ3n) is 4.89. The van der Waals surface area contributed by atoms with E-state index in [1.807, 2.05) is 0 Å². The Kier molecular flexibility index (Phi) is 3.69. The monoisotopic (exact) mass is 238 g/mol. The van der Waals surface area contributed by atoms with Gasteiger partial charge in [0.2, 0.25) is 0 Å². The first-order valence-corrected chi connectivity index (χ1v) is 7.46. The molecule has 0 amide bonds. The van der Waals surface area contributed by atoms with E-state index in [1.54, 1.807) is 0 Å². The molecule has 2 bridgehead atoms. The predicted octanol–water partition coefficient (Wildman–Crippen LogP) is 1.77. The van der Waals surface area contributed by atoms with Crippen LogP contribution in [0.1, 0.15) is 45.4 Å². The molecule has 0 aliphatic carbocycles. The molecule has 0 aromatic rings. The fraction of sp³-hybridized carbons (Fsp3) is 1.00. The lowest BCUT2D eigenvalue weighted by Crippen LogP contribution is -2.53. The number of ether oxygens (including phenoxy) is 1. The van der Waals surface area contributed by atoms with Crippen molar-refractivity contribution in [2.75, 3.05) is 19.8 Å². The van der Waals surface area contributed by atoms with E-state index >= 15 is 0 Å². The van der Waals surface area contributed by atoms with Crippen molar-refractivity contribution in [3.8, 4) is 0 Å². The second kappa shape index (κ2) is 5.25. The van der Waals surface area contributed by atoms with Gasteiger partial charge in [0, 0.05) is 30.8 Å². The largest absolute Gasteiger partial charge is 0.380 e. The number of hydrogen-bond acceptors (Lipinski definition) is 3. The summed E-state index contributed by atoms with van der Waals surface area (Å²) < 4.78 is 5.67. The second-order valence-electron chi connectivity index (χ2n) is 5.96. The van der Waals surface area contributed by atoms with Crippen LogP contribution in [0.2, 0.25) is 0 Å². The first-order chi connectivity index (χ1) is 8.36.